The molecule has 0 aromatic heterocycles. The van der Waals surface area contributed by atoms with Gasteiger partial charge in [0.1, 0.15) is 0 Å². The van der Waals surface area contributed by atoms with Gasteiger partial charge in [0.25, 0.3) is 0 Å². The van der Waals surface area contributed by atoms with E-state index >= 15 is 0 Å². The molecule has 0 saturated carbocycles. The zero-order valence-corrected chi connectivity index (χ0v) is 98.8. The fraction of sp³-hybridized carbons (Fsp3) is 1.00. The van der Waals surface area contributed by atoms with Crippen LogP contribution in [0.1, 0.15) is 285 Å². The maximum atomic E-state index is 9.73. The van der Waals surface area contributed by atoms with E-state index in [1.165, 1.54) is 396 Å². The second kappa shape index (κ2) is 58.0. The lowest BCUT2D eigenvalue weighted by atomic mass is 9.64. The first kappa shape index (κ1) is 123. The first-order valence-corrected chi connectivity index (χ1v) is 60.2. The van der Waals surface area contributed by atoms with Gasteiger partial charge in [-0.15, -0.1) is 0 Å². The number of aliphatic hydroxyl groups excluding tert-OH is 3. The van der Waals surface area contributed by atoms with Gasteiger partial charge in [0.2, 0.25) is 0 Å². The summed E-state index contributed by atoms with van der Waals surface area (Å²) in [5.74, 6) is 1.48. The van der Waals surface area contributed by atoms with Gasteiger partial charge in [-0.05, 0) is 519 Å². The fourth-order valence-electron chi connectivity index (χ4n) is 28.9. The van der Waals surface area contributed by atoms with Gasteiger partial charge in [0.15, 0.2) is 0 Å². The molecule has 834 valence electrons. The van der Waals surface area contributed by atoms with Gasteiger partial charge < -0.3 is 115 Å². The van der Waals surface area contributed by atoms with E-state index in [4.69, 9.17) is 0 Å². The monoisotopic (exact) mass is 2000 g/mol. The molecule has 0 aromatic carbocycles. The molecular formula is C118H239N21O3. The second-order valence-corrected chi connectivity index (χ2v) is 54.7. The molecule has 18 rings (SSSR count). The van der Waals surface area contributed by atoms with Crippen molar-refractivity contribution in [3.05, 3.63) is 0 Å². The zero-order chi connectivity index (χ0) is 103. The van der Waals surface area contributed by atoms with E-state index in [2.05, 4.69) is 292 Å². The molecule has 0 bridgehead atoms. The van der Waals surface area contributed by atoms with Crippen LogP contribution in [0.15, 0.2) is 0 Å². The van der Waals surface area contributed by atoms with Crippen LogP contribution in [-0.2, 0) is 0 Å². The molecule has 0 aliphatic carbocycles. The lowest BCUT2D eigenvalue weighted by molar-refractivity contribution is -0.0586. The molecule has 9 spiro atoms. The molecule has 0 aromatic rings. The summed E-state index contributed by atoms with van der Waals surface area (Å²) < 4.78 is 0. The van der Waals surface area contributed by atoms with Crippen molar-refractivity contribution in [2.75, 3.05) is 358 Å². The van der Waals surface area contributed by atoms with Crippen LogP contribution in [0, 0.1) is 66.5 Å². The molecule has 18 aliphatic rings. The molecule has 18 fully saturated rings. The summed E-state index contributed by atoms with van der Waals surface area (Å²) in [5.41, 5.74) is 5.46. The highest BCUT2D eigenvalue weighted by molar-refractivity contribution is 5.05. The highest BCUT2D eigenvalue weighted by atomic mass is 16.3. The summed E-state index contributed by atoms with van der Waals surface area (Å²) in [7, 11) is 20.2. The van der Waals surface area contributed by atoms with Gasteiger partial charge in [-0.25, -0.2) is 0 Å². The van der Waals surface area contributed by atoms with Crippen LogP contribution in [0.3, 0.4) is 0 Å². The van der Waals surface area contributed by atoms with E-state index in [-0.39, 0.29) is 0 Å². The fourth-order valence-corrected chi connectivity index (χ4v) is 28.9. The Morgan fingerprint density at radius 1 is 0.197 bits per heavy atom. The average molecular weight is 2000 g/mol. The van der Waals surface area contributed by atoms with E-state index in [1.807, 2.05) is 0 Å². The Bertz CT molecular complexity index is 3230. The number of rotatable bonds is 21. The Morgan fingerprint density at radius 2 is 0.394 bits per heavy atom. The predicted octanol–water partition coefficient (Wildman–Crippen LogP) is 13.1. The average Bonchev–Trinajstić information content (AvgIpc) is 0.845. The molecule has 0 radical (unpaired) electrons. The number of likely N-dealkylation sites (tertiary alicyclic amines) is 18. The minimum atomic E-state index is 0.368. The molecule has 18 heterocycles. The lowest BCUT2D eigenvalue weighted by Gasteiger charge is -2.55. The Labute approximate surface area is 878 Å². The van der Waals surface area contributed by atoms with Crippen LogP contribution in [0.25, 0.3) is 0 Å². The van der Waals surface area contributed by atoms with Gasteiger partial charge in [-0.3, -0.25) is 4.90 Å². The minimum absolute atomic E-state index is 0.368. The zero-order valence-electron chi connectivity index (χ0n) is 98.8. The van der Waals surface area contributed by atoms with E-state index < -0.39 is 0 Å². The Balaban J connectivity index is 0.000000164. The van der Waals surface area contributed by atoms with E-state index in [1.54, 1.807) is 0 Å². The number of nitrogens with zero attached hydrogens (tertiary/aromatic N) is 18. The van der Waals surface area contributed by atoms with Crippen molar-refractivity contribution < 1.29 is 15.3 Å². The molecule has 142 heavy (non-hydrogen) atoms. The second-order valence-electron chi connectivity index (χ2n) is 54.7. The van der Waals surface area contributed by atoms with E-state index in [9.17, 15) is 15.3 Å². The van der Waals surface area contributed by atoms with E-state index in [0.717, 1.165) is 62.8 Å². The normalized spacial score (nSPS) is 28.9. The Kier molecular flexibility index (Phi) is 50.2. The van der Waals surface area contributed by atoms with Crippen molar-refractivity contribution >= 4 is 0 Å². The summed E-state index contributed by atoms with van der Waals surface area (Å²) >= 11 is 0. The number of hydrogen-bond acceptors (Lipinski definition) is 24. The van der Waals surface area contributed by atoms with Crippen molar-refractivity contribution in [3.63, 3.8) is 0 Å². The molecular weight excluding hydrogens is 1760 g/mol. The molecule has 24 nitrogen and oxygen atoms in total. The van der Waals surface area contributed by atoms with Gasteiger partial charge in [-0.2, -0.15) is 0 Å². The van der Waals surface area contributed by atoms with Gasteiger partial charge in [0.05, 0.1) is 0 Å². The number of aliphatic hydroxyl groups is 3. The number of nitrogens with one attached hydrogen (secondary N) is 3. The standard InChI is InChI=1S/2C14H29N3.3C14H28N2O.C13H27N3.2C12H24N2.C11H22N2/c1-13(2)15-7-11-17-9-5-14(6-10-17)4-8-16(3)12-14;1-13(2)15-7-11-17-10-6-14(12-17)4-8-16(3)9-5-14;3*1-12(2)16-9-6-14(13(10-16)11-17)4-7-15(3)8-5-14;1-12(2)14-6-9-16-10-13(11-16)4-7-15(3)8-5-13;1-11(2)14-8-5-12(6-9-14)4-7-13(3)10-12;1-11(2)14-9-6-12(10-14)4-7-13(3)8-5-12;1-10(2)13-8-11(9-13)4-6-12(3)7-5-11/h2*13,15H,4-12H2,1-3H3;3*12-13,17H,4-11H2,1-3H3;12,14H,4-11H2,1-3H3;2*11H,4-10H2,1-3H3;10H,4-9H2,1-3H3/t;;2*13-;;;;;/m..10...../s1. The van der Waals surface area contributed by atoms with Crippen molar-refractivity contribution in [2.24, 2.45) is 66.5 Å². The summed E-state index contributed by atoms with van der Waals surface area (Å²) in [6.45, 7) is 95.1. The van der Waals surface area contributed by atoms with Crippen molar-refractivity contribution in [1.29, 1.82) is 0 Å². The van der Waals surface area contributed by atoms with Gasteiger partial charge in [-0.1, -0.05) is 41.5 Å². The molecule has 1 unspecified atom stereocenters. The maximum Gasteiger partial charge on any atom is 0.0476 e. The SMILES string of the molecule is CC(C)N1CC2(CCN(C)CC2)C1.CC(C)N1CCC2(CCN(C)C2)CC1.CC(C)N1CCC2(CCN(C)CC2)C(CO)C1.CC(C)N1CCC2(CCN(C)CC2)C1.CC(C)N1CCC2(CCN(C)CC2)[C@@H](CO)C1.CC(C)N1CCC2(CCN(C)CC2)[C@H](CO)C1.CC(C)NCCN1CC2(CCN(C)CC2)C1.CC(C)NCCN1CCC2(CCN(C)C2)CC1.CC(C)NCCN1CCC2(CCN(C)CC2)C1. The topological polar surface area (TPSA) is 155 Å². The molecule has 18 saturated heterocycles. The number of hydrogen-bond donors (Lipinski definition) is 6. The molecule has 0 amide bonds. The smallest absolute Gasteiger partial charge is 0.0476 e. The van der Waals surface area contributed by atoms with Gasteiger partial charge >= 0.3 is 0 Å². The maximum absolute atomic E-state index is 9.73. The van der Waals surface area contributed by atoms with Crippen molar-refractivity contribution in [2.45, 2.75) is 340 Å². The molecule has 18 aliphatic heterocycles. The number of piperidine rings is 12. The highest BCUT2D eigenvalue weighted by Crippen LogP contribution is 2.51. The van der Waals surface area contributed by atoms with Crippen LogP contribution < -0.4 is 16.0 Å². The van der Waals surface area contributed by atoms with E-state index in [0.29, 0.717) is 117 Å². The molecule has 3 atom stereocenters. The van der Waals surface area contributed by atoms with Crippen molar-refractivity contribution in [1.82, 2.24) is 104 Å². The third-order valence-corrected chi connectivity index (χ3v) is 41.0. The largest absolute Gasteiger partial charge is 0.396 e. The molecule has 24 heteroatoms. The highest BCUT2D eigenvalue weighted by Gasteiger charge is 2.52. The minimum Gasteiger partial charge on any atom is -0.396 e. The third kappa shape index (κ3) is 37.2. The Hall–Kier alpha value is -0.960. The van der Waals surface area contributed by atoms with Crippen LogP contribution >= 0.6 is 0 Å². The third-order valence-electron chi connectivity index (χ3n) is 41.0. The van der Waals surface area contributed by atoms with Crippen LogP contribution in [0.2, 0.25) is 0 Å². The van der Waals surface area contributed by atoms with Crippen LogP contribution in [-0.4, -0.2) is 516 Å². The Morgan fingerprint density at radius 3 is 0.669 bits per heavy atom. The van der Waals surface area contributed by atoms with Crippen LogP contribution in [0.5, 0.6) is 0 Å². The van der Waals surface area contributed by atoms with Crippen molar-refractivity contribution in [3.8, 4) is 0 Å². The van der Waals surface area contributed by atoms with Gasteiger partial charge in [0, 0.05) is 203 Å². The first-order chi connectivity index (χ1) is 67.3. The lowest BCUT2D eigenvalue weighted by Crippen LogP contribution is -2.61. The van der Waals surface area contributed by atoms with Crippen LogP contribution in [0.4, 0.5) is 0 Å². The first-order valence-electron chi connectivity index (χ1n) is 60.2. The summed E-state index contributed by atoms with van der Waals surface area (Å²) in [6.07, 6.45) is 34.3. The summed E-state index contributed by atoms with van der Waals surface area (Å²) in [4.78, 5) is 45.6. The summed E-state index contributed by atoms with van der Waals surface area (Å²) in [6, 6.07) is 5.96. The quantitative estimate of drug-likeness (QED) is 0.0645. The summed E-state index contributed by atoms with van der Waals surface area (Å²) in [5, 5.41) is 39.7. The predicted molar refractivity (Wildman–Crippen MR) is 606 cm³/mol. The molecule has 6 N–H and O–H groups in total.